The molecule has 1 aromatic rings. The molecule has 0 bridgehead atoms. The Balaban J connectivity index is 2.54. The summed E-state index contributed by atoms with van der Waals surface area (Å²) >= 11 is 0. The van der Waals surface area contributed by atoms with Crippen LogP contribution < -0.4 is 10.6 Å². The van der Waals surface area contributed by atoms with Crippen molar-refractivity contribution < 1.29 is 4.79 Å². The monoisotopic (exact) mass is 221 g/mol. The molecule has 1 amide bonds. The van der Waals surface area contributed by atoms with E-state index in [1.54, 1.807) is 6.20 Å². The van der Waals surface area contributed by atoms with Crippen molar-refractivity contribution in [2.75, 3.05) is 11.9 Å². The maximum Gasteiger partial charge on any atom is 0.242 e. The summed E-state index contributed by atoms with van der Waals surface area (Å²) in [5, 5.41) is 5.94. The van der Waals surface area contributed by atoms with Gasteiger partial charge in [-0.3, -0.25) is 4.79 Å². The van der Waals surface area contributed by atoms with E-state index in [2.05, 4.69) is 15.6 Å². The second-order valence-electron chi connectivity index (χ2n) is 3.83. The molecule has 0 aliphatic rings. The van der Waals surface area contributed by atoms with Gasteiger partial charge in [-0.25, -0.2) is 4.98 Å². The van der Waals surface area contributed by atoms with Gasteiger partial charge < -0.3 is 10.6 Å². The van der Waals surface area contributed by atoms with Gasteiger partial charge in [-0.1, -0.05) is 13.0 Å². The van der Waals surface area contributed by atoms with Crippen LogP contribution in [0.5, 0.6) is 0 Å². The number of anilines is 1. The molecular weight excluding hydrogens is 202 g/mol. The lowest BCUT2D eigenvalue weighted by Crippen LogP contribution is -2.38. The highest BCUT2D eigenvalue weighted by Crippen LogP contribution is 2.10. The standard InChI is InChI=1S/C12H19N3O/c1-4-7-14-12(16)10(3)15-11-9(2)6-5-8-13-11/h5-6,8,10H,4,7H2,1-3H3,(H,13,15)(H,14,16). The van der Waals surface area contributed by atoms with Crippen molar-refractivity contribution in [1.82, 2.24) is 10.3 Å². The first-order valence-electron chi connectivity index (χ1n) is 5.61. The van der Waals surface area contributed by atoms with E-state index in [-0.39, 0.29) is 11.9 Å². The summed E-state index contributed by atoms with van der Waals surface area (Å²) in [7, 11) is 0. The number of carbonyl (C=O) groups excluding carboxylic acids is 1. The van der Waals surface area contributed by atoms with Crippen LogP contribution in [0.3, 0.4) is 0 Å². The van der Waals surface area contributed by atoms with Crippen molar-refractivity contribution in [3.05, 3.63) is 23.9 Å². The fourth-order valence-electron chi connectivity index (χ4n) is 1.31. The first-order chi connectivity index (χ1) is 7.65. The Morgan fingerprint density at radius 1 is 1.56 bits per heavy atom. The van der Waals surface area contributed by atoms with Gasteiger partial charge in [-0.05, 0) is 31.9 Å². The third-order valence-corrected chi connectivity index (χ3v) is 2.31. The zero-order valence-corrected chi connectivity index (χ0v) is 10.1. The number of rotatable bonds is 5. The molecule has 1 atom stereocenters. The first-order valence-corrected chi connectivity index (χ1v) is 5.61. The number of hydrogen-bond donors (Lipinski definition) is 2. The zero-order chi connectivity index (χ0) is 12.0. The van der Waals surface area contributed by atoms with Crippen LogP contribution in [0.4, 0.5) is 5.82 Å². The smallest absolute Gasteiger partial charge is 0.242 e. The highest BCUT2D eigenvalue weighted by atomic mass is 16.2. The van der Waals surface area contributed by atoms with Crippen molar-refractivity contribution in [3.63, 3.8) is 0 Å². The summed E-state index contributed by atoms with van der Waals surface area (Å²) in [5.41, 5.74) is 1.04. The molecule has 0 radical (unpaired) electrons. The molecule has 2 N–H and O–H groups in total. The number of nitrogens with zero attached hydrogens (tertiary/aromatic N) is 1. The number of amides is 1. The topological polar surface area (TPSA) is 54.0 Å². The fourth-order valence-corrected chi connectivity index (χ4v) is 1.31. The van der Waals surface area contributed by atoms with Crippen LogP contribution in [-0.2, 0) is 4.79 Å². The molecular formula is C12H19N3O. The molecule has 0 aliphatic carbocycles. The minimum absolute atomic E-state index is 0.00639. The zero-order valence-electron chi connectivity index (χ0n) is 10.1. The van der Waals surface area contributed by atoms with Crippen LogP contribution in [0.2, 0.25) is 0 Å². The second kappa shape index (κ2) is 6.10. The Bertz CT molecular complexity index is 352. The number of pyridine rings is 1. The van der Waals surface area contributed by atoms with Crippen LogP contribution >= 0.6 is 0 Å². The molecule has 1 aromatic heterocycles. The third kappa shape index (κ3) is 3.53. The van der Waals surface area contributed by atoms with Gasteiger partial charge in [0.15, 0.2) is 0 Å². The maximum absolute atomic E-state index is 11.6. The average Bonchev–Trinajstić information content (AvgIpc) is 2.28. The Morgan fingerprint density at radius 3 is 2.94 bits per heavy atom. The molecule has 0 spiro atoms. The molecule has 88 valence electrons. The summed E-state index contributed by atoms with van der Waals surface area (Å²) in [6, 6.07) is 3.58. The summed E-state index contributed by atoms with van der Waals surface area (Å²) in [6.45, 7) is 6.54. The SMILES string of the molecule is CCCNC(=O)C(C)Nc1ncccc1C. The minimum Gasteiger partial charge on any atom is -0.358 e. The van der Waals surface area contributed by atoms with Gasteiger partial charge in [0.1, 0.15) is 11.9 Å². The van der Waals surface area contributed by atoms with E-state index in [1.165, 1.54) is 0 Å². The highest BCUT2D eigenvalue weighted by Gasteiger charge is 2.12. The largest absolute Gasteiger partial charge is 0.358 e. The number of aromatic nitrogens is 1. The Hall–Kier alpha value is -1.58. The van der Waals surface area contributed by atoms with Crippen LogP contribution in [0.15, 0.2) is 18.3 Å². The number of nitrogens with one attached hydrogen (secondary N) is 2. The highest BCUT2D eigenvalue weighted by molar-refractivity contribution is 5.83. The molecule has 1 heterocycles. The second-order valence-corrected chi connectivity index (χ2v) is 3.83. The van der Waals surface area contributed by atoms with E-state index in [0.29, 0.717) is 6.54 Å². The third-order valence-electron chi connectivity index (χ3n) is 2.31. The van der Waals surface area contributed by atoms with Gasteiger partial charge in [0, 0.05) is 12.7 Å². The lowest BCUT2D eigenvalue weighted by atomic mass is 10.2. The molecule has 0 saturated heterocycles. The minimum atomic E-state index is -0.264. The summed E-state index contributed by atoms with van der Waals surface area (Å²) in [5.74, 6) is 0.772. The predicted octanol–water partition coefficient (Wildman–Crippen LogP) is 1.72. The average molecular weight is 221 g/mol. The number of aryl methyl sites for hydroxylation is 1. The van der Waals surface area contributed by atoms with Crippen molar-refractivity contribution >= 4 is 11.7 Å². The van der Waals surface area contributed by atoms with Gasteiger partial charge in [0.25, 0.3) is 0 Å². The van der Waals surface area contributed by atoms with Crippen LogP contribution in [-0.4, -0.2) is 23.5 Å². The van der Waals surface area contributed by atoms with E-state index in [9.17, 15) is 4.79 Å². The van der Waals surface area contributed by atoms with E-state index < -0.39 is 0 Å². The first kappa shape index (κ1) is 12.5. The molecule has 1 rings (SSSR count). The van der Waals surface area contributed by atoms with Gasteiger partial charge in [-0.15, -0.1) is 0 Å². The lowest BCUT2D eigenvalue weighted by molar-refractivity contribution is -0.121. The molecule has 1 unspecified atom stereocenters. The number of hydrogen-bond acceptors (Lipinski definition) is 3. The summed E-state index contributed by atoms with van der Waals surface area (Å²) in [4.78, 5) is 15.8. The van der Waals surface area contributed by atoms with E-state index >= 15 is 0 Å². The Labute approximate surface area is 96.5 Å². The van der Waals surface area contributed by atoms with Crippen LogP contribution in [0, 0.1) is 6.92 Å². The van der Waals surface area contributed by atoms with E-state index in [4.69, 9.17) is 0 Å². The summed E-state index contributed by atoms with van der Waals surface area (Å²) in [6.07, 6.45) is 2.66. The van der Waals surface area contributed by atoms with Crippen molar-refractivity contribution in [2.45, 2.75) is 33.2 Å². The molecule has 4 nitrogen and oxygen atoms in total. The molecule has 4 heteroatoms. The van der Waals surface area contributed by atoms with E-state index in [0.717, 1.165) is 17.8 Å². The van der Waals surface area contributed by atoms with E-state index in [1.807, 2.05) is 32.9 Å². The van der Waals surface area contributed by atoms with Gasteiger partial charge >= 0.3 is 0 Å². The van der Waals surface area contributed by atoms with Gasteiger partial charge in [0.05, 0.1) is 0 Å². The quantitative estimate of drug-likeness (QED) is 0.796. The molecule has 0 aliphatic heterocycles. The predicted molar refractivity (Wildman–Crippen MR) is 65.4 cm³/mol. The van der Waals surface area contributed by atoms with Crippen molar-refractivity contribution in [1.29, 1.82) is 0 Å². The van der Waals surface area contributed by atoms with Crippen molar-refractivity contribution in [3.8, 4) is 0 Å². The fraction of sp³-hybridized carbons (Fsp3) is 0.500. The van der Waals surface area contributed by atoms with Crippen LogP contribution in [0.1, 0.15) is 25.8 Å². The van der Waals surface area contributed by atoms with Crippen molar-refractivity contribution in [2.24, 2.45) is 0 Å². The molecule has 0 fully saturated rings. The normalized spacial score (nSPS) is 11.9. The Kier molecular flexibility index (Phi) is 4.76. The lowest BCUT2D eigenvalue weighted by Gasteiger charge is -2.15. The Morgan fingerprint density at radius 2 is 2.31 bits per heavy atom. The van der Waals surface area contributed by atoms with Crippen LogP contribution in [0.25, 0.3) is 0 Å². The molecule has 0 saturated carbocycles. The summed E-state index contributed by atoms with van der Waals surface area (Å²) < 4.78 is 0. The number of carbonyl (C=O) groups is 1. The maximum atomic E-state index is 11.6. The van der Waals surface area contributed by atoms with Gasteiger partial charge in [0.2, 0.25) is 5.91 Å². The molecule has 0 aromatic carbocycles. The molecule has 16 heavy (non-hydrogen) atoms. The van der Waals surface area contributed by atoms with Gasteiger partial charge in [-0.2, -0.15) is 0 Å².